The molecule has 2 amide bonds. The predicted octanol–water partition coefficient (Wildman–Crippen LogP) is 3.01. The highest BCUT2D eigenvalue weighted by atomic mass is 19.4. The first kappa shape index (κ1) is 20.7. The van der Waals surface area contributed by atoms with Crippen LogP contribution in [0.3, 0.4) is 0 Å². The second-order valence-electron chi connectivity index (χ2n) is 7.24. The number of rotatable bonds is 2. The first-order chi connectivity index (χ1) is 12.4. The summed E-state index contributed by atoms with van der Waals surface area (Å²) in [6.07, 6.45) is -5.04. The van der Waals surface area contributed by atoms with Crippen molar-refractivity contribution >= 4 is 17.8 Å². The molecule has 1 aliphatic heterocycles. The van der Waals surface area contributed by atoms with Crippen molar-refractivity contribution in [3.8, 4) is 0 Å². The van der Waals surface area contributed by atoms with Crippen LogP contribution in [-0.4, -0.2) is 47.4 Å². The largest absolute Gasteiger partial charge is 0.444 e. The number of nitrogens with zero attached hydrogens (tertiary/aromatic N) is 1. The number of carbonyl (C=O) groups excluding carboxylic acids is 3. The summed E-state index contributed by atoms with van der Waals surface area (Å²) in [7, 11) is 0. The van der Waals surface area contributed by atoms with Crippen molar-refractivity contribution in [2.45, 2.75) is 45.0 Å². The fourth-order valence-corrected chi connectivity index (χ4v) is 2.50. The Balaban J connectivity index is 2.03. The Hall–Kier alpha value is -2.58. The lowest BCUT2D eigenvalue weighted by molar-refractivity contribution is -0.137. The van der Waals surface area contributed by atoms with Crippen molar-refractivity contribution in [2.24, 2.45) is 0 Å². The summed E-state index contributed by atoms with van der Waals surface area (Å²) in [5, 5.41) is 2.47. The first-order valence-electron chi connectivity index (χ1n) is 8.35. The van der Waals surface area contributed by atoms with Crippen molar-refractivity contribution in [1.82, 2.24) is 10.2 Å². The Morgan fingerprint density at radius 1 is 1.15 bits per heavy atom. The van der Waals surface area contributed by atoms with E-state index in [-0.39, 0.29) is 30.9 Å². The fourth-order valence-electron chi connectivity index (χ4n) is 2.50. The Morgan fingerprint density at radius 2 is 1.74 bits per heavy atom. The van der Waals surface area contributed by atoms with E-state index in [1.807, 2.05) is 0 Å². The first-order valence-corrected chi connectivity index (χ1v) is 8.35. The Labute approximate surface area is 154 Å². The van der Waals surface area contributed by atoms with Gasteiger partial charge in [0, 0.05) is 18.5 Å². The van der Waals surface area contributed by atoms with Gasteiger partial charge in [-0.15, -0.1) is 0 Å². The van der Waals surface area contributed by atoms with Crippen LogP contribution in [0.2, 0.25) is 0 Å². The lowest BCUT2D eigenvalue weighted by atomic mass is 10.0. The standard InChI is InChI=1S/C18H21F3N2O4/c1-17(2,3)27-16(26)23-9-8-14(24)13(10-23)22-15(25)11-4-6-12(7-5-11)18(19,20)21/h4-7,13H,8-10H2,1-3H3,(H,22,25). The highest BCUT2D eigenvalue weighted by Gasteiger charge is 2.34. The minimum atomic E-state index is -4.50. The van der Waals surface area contributed by atoms with E-state index < -0.39 is 35.4 Å². The number of ether oxygens (including phenoxy) is 1. The highest BCUT2D eigenvalue weighted by Crippen LogP contribution is 2.29. The van der Waals surface area contributed by atoms with E-state index in [9.17, 15) is 27.6 Å². The number of amides is 2. The van der Waals surface area contributed by atoms with Crippen molar-refractivity contribution in [3.63, 3.8) is 0 Å². The lowest BCUT2D eigenvalue weighted by Crippen LogP contribution is -2.55. The van der Waals surface area contributed by atoms with Crippen LogP contribution < -0.4 is 5.32 Å². The van der Waals surface area contributed by atoms with E-state index in [0.717, 1.165) is 24.3 Å². The number of hydrogen-bond donors (Lipinski definition) is 1. The molecule has 0 aliphatic carbocycles. The van der Waals surface area contributed by atoms with Gasteiger partial charge in [-0.3, -0.25) is 9.59 Å². The van der Waals surface area contributed by atoms with Gasteiger partial charge in [-0.05, 0) is 45.0 Å². The summed E-state index contributed by atoms with van der Waals surface area (Å²) in [5.74, 6) is -0.941. The average molecular weight is 386 g/mol. The molecule has 6 nitrogen and oxygen atoms in total. The predicted molar refractivity (Wildman–Crippen MR) is 90.1 cm³/mol. The number of halogens is 3. The topological polar surface area (TPSA) is 75.7 Å². The summed E-state index contributed by atoms with van der Waals surface area (Å²) in [6, 6.07) is 2.73. The van der Waals surface area contributed by atoms with Crippen LogP contribution in [0.5, 0.6) is 0 Å². The molecule has 9 heteroatoms. The number of alkyl halides is 3. The van der Waals surface area contributed by atoms with E-state index in [4.69, 9.17) is 4.74 Å². The third-order valence-electron chi connectivity index (χ3n) is 3.85. The van der Waals surface area contributed by atoms with E-state index in [0.29, 0.717) is 0 Å². The summed E-state index contributed by atoms with van der Waals surface area (Å²) in [4.78, 5) is 37.8. The molecule has 0 aromatic heterocycles. The Morgan fingerprint density at radius 3 is 2.26 bits per heavy atom. The maximum absolute atomic E-state index is 12.6. The van der Waals surface area contributed by atoms with E-state index in [1.165, 1.54) is 4.90 Å². The molecule has 27 heavy (non-hydrogen) atoms. The molecule has 1 saturated heterocycles. The molecule has 1 heterocycles. The summed E-state index contributed by atoms with van der Waals surface area (Å²) >= 11 is 0. The minimum absolute atomic E-state index is 0.00908. The van der Waals surface area contributed by atoms with Crippen LogP contribution in [-0.2, 0) is 15.7 Å². The lowest BCUT2D eigenvalue weighted by Gasteiger charge is -2.33. The quantitative estimate of drug-likeness (QED) is 0.848. The number of carbonyl (C=O) groups is 3. The molecule has 1 aromatic carbocycles. The van der Waals surface area contributed by atoms with Gasteiger partial charge in [0.25, 0.3) is 5.91 Å². The van der Waals surface area contributed by atoms with Crippen LogP contribution in [0, 0.1) is 0 Å². The molecule has 1 atom stereocenters. The number of hydrogen-bond acceptors (Lipinski definition) is 4. The van der Waals surface area contributed by atoms with Gasteiger partial charge in [-0.2, -0.15) is 13.2 Å². The number of Topliss-reactive ketones (excluding diaryl/α,β-unsaturated/α-hetero) is 1. The van der Waals surface area contributed by atoms with E-state index >= 15 is 0 Å². The number of nitrogens with one attached hydrogen (secondary N) is 1. The van der Waals surface area contributed by atoms with Crippen LogP contribution in [0.1, 0.15) is 43.1 Å². The van der Waals surface area contributed by atoms with Crippen molar-refractivity contribution in [2.75, 3.05) is 13.1 Å². The zero-order chi connectivity index (χ0) is 20.4. The molecular formula is C18H21F3N2O4. The minimum Gasteiger partial charge on any atom is -0.444 e. The monoisotopic (exact) mass is 386 g/mol. The Bertz CT molecular complexity index is 724. The zero-order valence-electron chi connectivity index (χ0n) is 15.2. The maximum Gasteiger partial charge on any atom is 0.416 e. The van der Waals surface area contributed by atoms with Gasteiger partial charge in [0.05, 0.1) is 12.1 Å². The normalized spacial score (nSPS) is 18.2. The van der Waals surface area contributed by atoms with Gasteiger partial charge < -0.3 is 15.0 Å². The smallest absolute Gasteiger partial charge is 0.416 e. The average Bonchev–Trinajstić information content (AvgIpc) is 2.54. The number of benzene rings is 1. The zero-order valence-corrected chi connectivity index (χ0v) is 15.2. The molecule has 1 aliphatic rings. The summed E-state index contributed by atoms with van der Waals surface area (Å²) in [6.45, 7) is 5.26. The van der Waals surface area contributed by atoms with Gasteiger partial charge >= 0.3 is 12.3 Å². The molecule has 0 spiro atoms. The molecule has 148 valence electrons. The number of piperidine rings is 1. The van der Waals surface area contributed by atoms with Gasteiger partial charge in [0.2, 0.25) is 0 Å². The molecule has 2 rings (SSSR count). The molecule has 0 bridgehead atoms. The van der Waals surface area contributed by atoms with E-state index in [1.54, 1.807) is 20.8 Å². The van der Waals surface area contributed by atoms with Gasteiger partial charge in [-0.25, -0.2) is 4.79 Å². The SMILES string of the molecule is CC(C)(C)OC(=O)N1CCC(=O)C(NC(=O)c2ccc(C(F)(F)F)cc2)C1. The van der Waals surface area contributed by atoms with Crippen molar-refractivity contribution in [1.29, 1.82) is 0 Å². The van der Waals surface area contributed by atoms with Crippen LogP contribution in [0.4, 0.5) is 18.0 Å². The Kier molecular flexibility index (Phi) is 5.82. The molecule has 0 radical (unpaired) electrons. The number of likely N-dealkylation sites (tertiary alicyclic amines) is 1. The van der Waals surface area contributed by atoms with Gasteiger partial charge in [0.15, 0.2) is 5.78 Å². The van der Waals surface area contributed by atoms with Gasteiger partial charge in [0.1, 0.15) is 11.6 Å². The third-order valence-corrected chi connectivity index (χ3v) is 3.85. The third kappa shape index (κ3) is 5.70. The van der Waals surface area contributed by atoms with E-state index in [2.05, 4.69) is 5.32 Å². The molecule has 1 unspecified atom stereocenters. The number of ketones is 1. The highest BCUT2D eigenvalue weighted by molar-refractivity contribution is 5.98. The molecular weight excluding hydrogens is 365 g/mol. The van der Waals surface area contributed by atoms with Crippen LogP contribution in [0.25, 0.3) is 0 Å². The van der Waals surface area contributed by atoms with Crippen molar-refractivity contribution < 1.29 is 32.3 Å². The van der Waals surface area contributed by atoms with Crippen molar-refractivity contribution in [3.05, 3.63) is 35.4 Å². The summed E-state index contributed by atoms with van der Waals surface area (Å²) in [5.41, 5.74) is -1.58. The molecule has 1 N–H and O–H groups in total. The van der Waals surface area contributed by atoms with Crippen LogP contribution in [0.15, 0.2) is 24.3 Å². The summed E-state index contributed by atoms with van der Waals surface area (Å²) < 4.78 is 43.0. The molecule has 1 aromatic rings. The maximum atomic E-state index is 12.6. The second-order valence-corrected chi connectivity index (χ2v) is 7.24. The molecule has 1 fully saturated rings. The fraction of sp³-hybridized carbons (Fsp3) is 0.500. The van der Waals surface area contributed by atoms with Gasteiger partial charge in [-0.1, -0.05) is 0 Å². The van der Waals surface area contributed by atoms with Crippen LogP contribution >= 0.6 is 0 Å². The second kappa shape index (κ2) is 7.58. The molecule has 0 saturated carbocycles.